The van der Waals surface area contributed by atoms with Gasteiger partial charge in [0.1, 0.15) is 11.5 Å². The summed E-state index contributed by atoms with van der Waals surface area (Å²) in [5.74, 6) is -2.85. The molecule has 196 valence electrons. The minimum Gasteiger partial charge on any atom is -0.466 e. The Balaban J connectivity index is 1.85. The summed E-state index contributed by atoms with van der Waals surface area (Å²) >= 11 is 0. The largest absolute Gasteiger partial charge is 0.466 e. The Morgan fingerprint density at radius 1 is 0.872 bits per heavy atom. The molecule has 1 unspecified atom stereocenters. The van der Waals surface area contributed by atoms with Crippen molar-refractivity contribution in [3.05, 3.63) is 119 Å². The zero-order chi connectivity index (χ0) is 28.1. The van der Waals surface area contributed by atoms with E-state index in [0.29, 0.717) is 22.5 Å². The van der Waals surface area contributed by atoms with Gasteiger partial charge in [0, 0.05) is 24.0 Å². The van der Waals surface area contributed by atoms with Crippen LogP contribution < -0.4 is 15.5 Å². The van der Waals surface area contributed by atoms with Crippen molar-refractivity contribution in [1.82, 2.24) is 0 Å². The van der Waals surface area contributed by atoms with Crippen molar-refractivity contribution in [2.24, 2.45) is 5.73 Å². The van der Waals surface area contributed by atoms with Crippen LogP contribution >= 0.6 is 0 Å². The van der Waals surface area contributed by atoms with E-state index in [9.17, 15) is 19.6 Å². The maximum Gasteiger partial charge on any atom is 0.355 e. The van der Waals surface area contributed by atoms with Gasteiger partial charge in [-0.2, -0.15) is 5.26 Å². The van der Waals surface area contributed by atoms with Crippen LogP contribution in [0.1, 0.15) is 21.8 Å². The third-order valence-electron chi connectivity index (χ3n) is 6.43. The number of esters is 2. The van der Waals surface area contributed by atoms with Gasteiger partial charge in [0.25, 0.3) is 5.91 Å². The minimum absolute atomic E-state index is 0.0409. The molecule has 3 aromatic carbocycles. The molecule has 3 aromatic rings. The molecule has 1 atom stereocenters. The Bertz CT molecular complexity index is 1510. The topological polar surface area (TPSA) is 126 Å². The number of hydrogen-bond acceptors (Lipinski definition) is 8. The zero-order valence-electron chi connectivity index (χ0n) is 21.6. The fourth-order valence-corrected chi connectivity index (χ4v) is 4.50. The molecule has 0 saturated heterocycles. The molecule has 0 saturated carbocycles. The molecule has 1 heterocycles. The van der Waals surface area contributed by atoms with Gasteiger partial charge in [0.05, 0.1) is 37.4 Å². The number of allylic oxidation sites excluding steroid dienone is 1. The number of amides is 1. The van der Waals surface area contributed by atoms with Crippen molar-refractivity contribution in [1.29, 1.82) is 5.26 Å². The molecule has 1 aliphatic rings. The molecule has 39 heavy (non-hydrogen) atoms. The number of carbonyl (C=O) groups excluding carboxylic acids is 3. The highest BCUT2D eigenvalue weighted by Crippen LogP contribution is 2.43. The van der Waals surface area contributed by atoms with Gasteiger partial charge in [-0.3, -0.25) is 9.69 Å². The first-order chi connectivity index (χ1) is 18.8. The van der Waals surface area contributed by atoms with Crippen molar-refractivity contribution in [3.63, 3.8) is 0 Å². The number of benzene rings is 3. The van der Waals surface area contributed by atoms with Crippen LogP contribution in [0.5, 0.6) is 0 Å². The van der Waals surface area contributed by atoms with Crippen LogP contribution in [0.2, 0.25) is 0 Å². The van der Waals surface area contributed by atoms with Gasteiger partial charge in [0.15, 0.2) is 0 Å². The molecule has 1 aliphatic heterocycles. The monoisotopic (exact) mass is 522 g/mol. The summed E-state index contributed by atoms with van der Waals surface area (Å²) in [4.78, 5) is 42.0. The lowest BCUT2D eigenvalue weighted by atomic mass is 9.81. The fourth-order valence-electron chi connectivity index (χ4n) is 4.50. The maximum absolute atomic E-state index is 13.2. The average molecular weight is 523 g/mol. The molecular weight excluding hydrogens is 496 g/mol. The molecule has 2 N–H and O–H groups in total. The summed E-state index contributed by atoms with van der Waals surface area (Å²) in [6.07, 6.45) is 0. The smallest absolute Gasteiger partial charge is 0.355 e. The Morgan fingerprint density at radius 3 is 1.97 bits per heavy atom. The zero-order valence-corrected chi connectivity index (χ0v) is 21.6. The van der Waals surface area contributed by atoms with Gasteiger partial charge in [0.2, 0.25) is 0 Å². The second-order valence-corrected chi connectivity index (χ2v) is 8.58. The fraction of sp³-hybridized carbons (Fsp3) is 0.133. The summed E-state index contributed by atoms with van der Waals surface area (Å²) in [7, 11) is 4.03. The molecule has 0 spiro atoms. The van der Waals surface area contributed by atoms with Crippen LogP contribution in [0.3, 0.4) is 0 Å². The first-order valence-electron chi connectivity index (χ1n) is 11.9. The number of hydrogen-bond donors (Lipinski definition) is 1. The molecule has 4 rings (SSSR count). The van der Waals surface area contributed by atoms with Crippen molar-refractivity contribution in [2.45, 2.75) is 5.92 Å². The molecule has 9 nitrogen and oxygen atoms in total. The van der Waals surface area contributed by atoms with Crippen LogP contribution in [0.25, 0.3) is 0 Å². The number of carbonyl (C=O) groups is 3. The molecule has 1 amide bonds. The Labute approximate surface area is 226 Å². The van der Waals surface area contributed by atoms with E-state index in [1.807, 2.05) is 6.07 Å². The van der Waals surface area contributed by atoms with Crippen molar-refractivity contribution >= 4 is 29.2 Å². The Kier molecular flexibility index (Phi) is 7.77. The van der Waals surface area contributed by atoms with Gasteiger partial charge in [-0.15, -0.1) is 0 Å². The summed E-state index contributed by atoms with van der Waals surface area (Å²) in [5, 5.41) is 10.1. The SMILES string of the molecule is COC(=O)C1=C(C(=O)OC)N(c2ccc(N(C)C(=O)c3ccccc3)cc2)C(N)=C(C#N)C1c1ccccc1. The lowest BCUT2D eigenvalue weighted by Gasteiger charge is -2.36. The molecular formula is C30H26N4O5. The third kappa shape index (κ3) is 4.95. The molecule has 0 aliphatic carbocycles. The van der Waals surface area contributed by atoms with Crippen LogP contribution in [-0.4, -0.2) is 39.1 Å². The van der Waals surface area contributed by atoms with E-state index in [4.69, 9.17) is 15.2 Å². The predicted molar refractivity (Wildman–Crippen MR) is 145 cm³/mol. The number of nitrogens with zero attached hydrogens (tertiary/aromatic N) is 3. The molecule has 0 bridgehead atoms. The van der Waals surface area contributed by atoms with E-state index in [0.717, 1.165) is 0 Å². The van der Waals surface area contributed by atoms with Crippen molar-refractivity contribution < 1.29 is 23.9 Å². The molecule has 0 fully saturated rings. The quantitative estimate of drug-likeness (QED) is 0.484. The van der Waals surface area contributed by atoms with E-state index in [-0.39, 0.29) is 28.6 Å². The number of rotatable bonds is 6. The predicted octanol–water partition coefficient (Wildman–Crippen LogP) is 3.86. The number of nitriles is 1. The Morgan fingerprint density at radius 2 is 1.44 bits per heavy atom. The molecule has 0 aromatic heterocycles. The van der Waals surface area contributed by atoms with E-state index in [2.05, 4.69) is 6.07 Å². The lowest BCUT2D eigenvalue weighted by Crippen LogP contribution is -2.40. The van der Waals surface area contributed by atoms with Crippen LogP contribution in [0, 0.1) is 11.3 Å². The molecule has 9 heteroatoms. The van der Waals surface area contributed by atoms with Crippen LogP contribution in [-0.2, 0) is 19.1 Å². The normalized spacial score (nSPS) is 14.9. The second-order valence-electron chi connectivity index (χ2n) is 8.58. The van der Waals surface area contributed by atoms with Crippen LogP contribution in [0.4, 0.5) is 11.4 Å². The first kappa shape index (κ1) is 26.7. The van der Waals surface area contributed by atoms with E-state index in [1.165, 1.54) is 24.0 Å². The number of nitrogens with two attached hydrogens (primary N) is 1. The van der Waals surface area contributed by atoms with Gasteiger partial charge < -0.3 is 20.1 Å². The van der Waals surface area contributed by atoms with E-state index >= 15 is 0 Å². The summed E-state index contributed by atoms with van der Waals surface area (Å²) in [6, 6.07) is 26.3. The summed E-state index contributed by atoms with van der Waals surface area (Å²) < 4.78 is 10.1. The Hall–Kier alpha value is -5.36. The average Bonchev–Trinajstić information content (AvgIpc) is 2.99. The highest BCUT2D eigenvalue weighted by molar-refractivity contribution is 6.07. The first-order valence-corrected chi connectivity index (χ1v) is 11.9. The summed E-state index contributed by atoms with van der Waals surface area (Å²) in [5.41, 5.74) is 8.39. The highest BCUT2D eigenvalue weighted by Gasteiger charge is 2.43. The number of ether oxygens (including phenoxy) is 2. The second kappa shape index (κ2) is 11.4. The third-order valence-corrected chi connectivity index (χ3v) is 6.43. The highest BCUT2D eigenvalue weighted by atomic mass is 16.5. The number of methoxy groups -OCH3 is 2. The molecule has 0 radical (unpaired) electrons. The minimum atomic E-state index is -0.956. The van der Waals surface area contributed by atoms with Crippen LogP contribution in [0.15, 0.2) is 108 Å². The number of anilines is 2. The summed E-state index contributed by atoms with van der Waals surface area (Å²) in [6.45, 7) is 0. The lowest BCUT2D eigenvalue weighted by molar-refractivity contribution is -0.139. The van der Waals surface area contributed by atoms with Crippen molar-refractivity contribution in [3.8, 4) is 6.07 Å². The van der Waals surface area contributed by atoms with Crippen molar-refractivity contribution in [2.75, 3.05) is 31.1 Å². The van der Waals surface area contributed by atoms with Gasteiger partial charge in [-0.1, -0.05) is 48.5 Å². The van der Waals surface area contributed by atoms with E-state index < -0.39 is 17.9 Å². The van der Waals surface area contributed by atoms with Gasteiger partial charge in [-0.25, -0.2) is 9.59 Å². The standard InChI is InChI=1S/C30H26N4O5/c1-33(28(35)20-12-8-5-9-13-20)21-14-16-22(17-15-21)34-26(30(37)39-3)25(29(36)38-2)24(23(18-31)27(34)32)19-10-6-4-7-11-19/h4-17,24H,32H2,1-3H3. The van der Waals surface area contributed by atoms with Gasteiger partial charge >= 0.3 is 11.9 Å². The van der Waals surface area contributed by atoms with Gasteiger partial charge in [-0.05, 0) is 42.0 Å². The van der Waals surface area contributed by atoms with E-state index in [1.54, 1.807) is 85.9 Å². The maximum atomic E-state index is 13.2.